The third kappa shape index (κ3) is 12.6. The molecule has 1 aromatic carbocycles. The third-order valence-electron chi connectivity index (χ3n) is 4.31. The molecule has 0 aliphatic rings. The molecule has 0 aliphatic carbocycles. The van der Waals surface area contributed by atoms with E-state index in [1.54, 1.807) is 0 Å². The van der Waals surface area contributed by atoms with Gasteiger partial charge in [0.15, 0.2) is 0 Å². The molecular formula is C19H31KO4S. The molecule has 0 saturated carbocycles. The molecule has 1 N–H and O–H groups in total. The summed E-state index contributed by atoms with van der Waals surface area (Å²) in [5, 5.41) is 11.5. The van der Waals surface area contributed by atoms with Crippen LogP contribution in [0.4, 0.5) is 0 Å². The Labute approximate surface area is 196 Å². The predicted octanol–water partition coefficient (Wildman–Crippen LogP) is 1.86. The van der Waals surface area contributed by atoms with Crippen LogP contribution >= 0.6 is 0 Å². The van der Waals surface area contributed by atoms with E-state index in [1.165, 1.54) is 69.9 Å². The van der Waals surface area contributed by atoms with Gasteiger partial charge in [-0.3, -0.25) is 4.55 Å². The number of aryl methyl sites for hydroxylation is 1. The average molecular weight is 395 g/mol. The minimum Gasteiger partial charge on any atom is -0.872 e. The summed E-state index contributed by atoms with van der Waals surface area (Å²) in [6.45, 7) is 2.23. The van der Waals surface area contributed by atoms with Gasteiger partial charge in [-0.25, -0.2) is 0 Å². The second-order valence-electron chi connectivity index (χ2n) is 6.57. The molecule has 25 heavy (non-hydrogen) atoms. The van der Waals surface area contributed by atoms with Crippen molar-refractivity contribution in [3.8, 4) is 5.75 Å². The van der Waals surface area contributed by atoms with E-state index in [9.17, 15) is 13.5 Å². The third-order valence-corrected chi connectivity index (χ3v) is 5.14. The molecule has 4 nitrogen and oxygen atoms in total. The molecule has 1 aromatic rings. The van der Waals surface area contributed by atoms with Crippen LogP contribution < -0.4 is 56.5 Å². The van der Waals surface area contributed by atoms with E-state index in [4.69, 9.17) is 4.55 Å². The first-order chi connectivity index (χ1) is 11.4. The number of rotatable bonds is 13. The molecule has 1 rings (SSSR count). The average Bonchev–Trinajstić information content (AvgIpc) is 2.51. The summed E-state index contributed by atoms with van der Waals surface area (Å²) in [5.74, 6) is -0.372. The van der Waals surface area contributed by atoms with Gasteiger partial charge < -0.3 is 5.11 Å². The van der Waals surface area contributed by atoms with E-state index in [1.807, 2.05) is 0 Å². The molecule has 6 heteroatoms. The van der Waals surface area contributed by atoms with Crippen LogP contribution in [0.1, 0.15) is 83.1 Å². The Morgan fingerprint density at radius 3 is 1.80 bits per heavy atom. The van der Waals surface area contributed by atoms with Crippen LogP contribution in [-0.4, -0.2) is 13.0 Å². The van der Waals surface area contributed by atoms with Gasteiger partial charge in [-0.2, -0.15) is 8.42 Å². The van der Waals surface area contributed by atoms with Crippen molar-refractivity contribution in [1.29, 1.82) is 0 Å². The van der Waals surface area contributed by atoms with Gasteiger partial charge in [0.25, 0.3) is 10.1 Å². The zero-order chi connectivity index (χ0) is 17.8. The summed E-state index contributed by atoms with van der Waals surface area (Å²) in [4.78, 5) is -0.298. The van der Waals surface area contributed by atoms with Gasteiger partial charge in [0.05, 0.1) is 4.90 Å². The second-order valence-corrected chi connectivity index (χ2v) is 7.99. The first-order valence-corrected chi connectivity index (χ1v) is 10.7. The maximum Gasteiger partial charge on any atom is 1.00 e. The quantitative estimate of drug-likeness (QED) is 0.315. The van der Waals surface area contributed by atoms with Crippen molar-refractivity contribution >= 4 is 10.1 Å². The molecule has 0 amide bonds. The molecule has 0 radical (unpaired) electrons. The van der Waals surface area contributed by atoms with Crippen LogP contribution in [0.2, 0.25) is 0 Å². The zero-order valence-electron chi connectivity index (χ0n) is 15.8. The molecule has 0 bridgehead atoms. The Bertz CT molecular complexity index is 573. The van der Waals surface area contributed by atoms with Gasteiger partial charge >= 0.3 is 51.4 Å². The van der Waals surface area contributed by atoms with E-state index >= 15 is 0 Å². The van der Waals surface area contributed by atoms with Gasteiger partial charge in [0.2, 0.25) is 0 Å². The minimum absolute atomic E-state index is 0. The van der Waals surface area contributed by atoms with Crippen LogP contribution in [-0.2, 0) is 16.5 Å². The largest absolute Gasteiger partial charge is 1.00 e. The van der Waals surface area contributed by atoms with Crippen molar-refractivity contribution in [2.45, 2.75) is 88.9 Å². The summed E-state index contributed by atoms with van der Waals surface area (Å²) >= 11 is 0. The minimum atomic E-state index is -4.30. The summed E-state index contributed by atoms with van der Waals surface area (Å²) in [5.41, 5.74) is 0.686. The van der Waals surface area contributed by atoms with E-state index in [2.05, 4.69) is 6.92 Å². The van der Waals surface area contributed by atoms with Gasteiger partial charge in [-0.1, -0.05) is 77.2 Å². The van der Waals surface area contributed by atoms with E-state index in [0.717, 1.165) is 18.9 Å². The zero-order valence-corrected chi connectivity index (χ0v) is 19.7. The SMILES string of the molecule is CCCCCCCCCCCCCc1cc([O-])cc(S(=O)(=O)O)c1.[K+]. The fraction of sp³-hybridized carbons (Fsp3) is 0.684. The van der Waals surface area contributed by atoms with Crippen molar-refractivity contribution in [3.05, 3.63) is 23.8 Å². The molecule has 0 saturated heterocycles. The molecule has 0 heterocycles. The van der Waals surface area contributed by atoms with Gasteiger partial charge in [-0.15, -0.1) is 5.75 Å². The van der Waals surface area contributed by atoms with Gasteiger partial charge in [0.1, 0.15) is 0 Å². The number of benzene rings is 1. The molecule has 138 valence electrons. The van der Waals surface area contributed by atoms with Gasteiger partial charge in [-0.05, 0) is 30.5 Å². The van der Waals surface area contributed by atoms with Crippen LogP contribution in [0, 0.1) is 0 Å². The molecule has 0 fully saturated rings. The normalized spacial score (nSPS) is 11.3. The molecular weight excluding hydrogens is 363 g/mol. The first-order valence-electron chi connectivity index (χ1n) is 9.22. The van der Waals surface area contributed by atoms with Crippen molar-refractivity contribution in [3.63, 3.8) is 0 Å². The molecule has 0 aliphatic heterocycles. The summed E-state index contributed by atoms with van der Waals surface area (Å²) in [6.07, 6.45) is 14.4. The summed E-state index contributed by atoms with van der Waals surface area (Å²) in [7, 11) is -4.30. The number of hydrogen-bond donors (Lipinski definition) is 1. The maximum atomic E-state index is 11.5. The molecule has 0 aromatic heterocycles. The Balaban J connectivity index is 0.00000576. The van der Waals surface area contributed by atoms with Crippen LogP contribution in [0.25, 0.3) is 0 Å². The Hall–Kier alpha value is 0.566. The second kappa shape index (κ2) is 14.6. The van der Waals surface area contributed by atoms with Crippen LogP contribution in [0.15, 0.2) is 23.1 Å². The van der Waals surface area contributed by atoms with Crippen LogP contribution in [0.3, 0.4) is 0 Å². The van der Waals surface area contributed by atoms with Crippen molar-refractivity contribution < 1.29 is 69.5 Å². The molecule has 0 atom stereocenters. The van der Waals surface area contributed by atoms with E-state index in [0.29, 0.717) is 12.0 Å². The number of hydrogen-bond acceptors (Lipinski definition) is 3. The standard InChI is InChI=1S/C19H32O4S.K/c1-2-3-4-5-6-7-8-9-10-11-12-13-17-14-18(20)16-19(15-17)24(21,22)23;/h14-16,20H,2-13H2,1H3,(H,21,22,23);/q;+1/p-1. The smallest absolute Gasteiger partial charge is 0.872 e. The fourth-order valence-electron chi connectivity index (χ4n) is 2.92. The Kier molecular flexibility index (Phi) is 14.9. The monoisotopic (exact) mass is 394 g/mol. The van der Waals surface area contributed by atoms with Crippen molar-refractivity contribution in [2.24, 2.45) is 0 Å². The molecule has 0 unspecified atom stereocenters. The number of unbranched alkanes of at least 4 members (excludes halogenated alkanes) is 10. The van der Waals surface area contributed by atoms with Crippen molar-refractivity contribution in [2.75, 3.05) is 0 Å². The molecule has 0 spiro atoms. The van der Waals surface area contributed by atoms with E-state index in [-0.39, 0.29) is 62.0 Å². The van der Waals surface area contributed by atoms with E-state index < -0.39 is 10.1 Å². The maximum absolute atomic E-state index is 11.5. The first kappa shape index (κ1) is 25.6. The Morgan fingerprint density at radius 1 is 0.840 bits per heavy atom. The summed E-state index contributed by atoms with van der Waals surface area (Å²) in [6, 6.07) is 3.80. The summed E-state index contributed by atoms with van der Waals surface area (Å²) < 4.78 is 31.3. The van der Waals surface area contributed by atoms with Gasteiger partial charge in [0, 0.05) is 0 Å². The van der Waals surface area contributed by atoms with Crippen LogP contribution in [0.5, 0.6) is 5.75 Å². The Morgan fingerprint density at radius 2 is 1.32 bits per heavy atom. The topological polar surface area (TPSA) is 77.4 Å². The fourth-order valence-corrected chi connectivity index (χ4v) is 3.48. The van der Waals surface area contributed by atoms with Crippen molar-refractivity contribution in [1.82, 2.24) is 0 Å². The predicted molar refractivity (Wildman–Crippen MR) is 95.9 cm³/mol.